The van der Waals surface area contributed by atoms with Crippen molar-refractivity contribution in [2.75, 3.05) is 0 Å². The zero-order chi connectivity index (χ0) is 26.6. The van der Waals surface area contributed by atoms with E-state index in [0.717, 1.165) is 34.3 Å². The number of amides is 1. The predicted octanol–water partition coefficient (Wildman–Crippen LogP) is 6.96. The maximum atomic E-state index is 12.6. The highest BCUT2D eigenvalue weighted by molar-refractivity contribution is 6.00. The summed E-state index contributed by atoms with van der Waals surface area (Å²) in [6.45, 7) is 8.73. The molecule has 0 spiro atoms. The SMILES string of the molecule is CC[C@H](C)n1cc(/C=N/NC(=O)c2ccc(COc3ccc(-n4c(C)ccc4C)cc3)o2)c2ccccc21. The fraction of sp³-hybridized carbons (Fsp3) is 0.226. The van der Waals surface area contributed by atoms with Crippen LogP contribution in [0.25, 0.3) is 16.6 Å². The third kappa shape index (κ3) is 5.13. The van der Waals surface area contributed by atoms with Gasteiger partial charge >= 0.3 is 5.91 Å². The number of nitrogens with one attached hydrogen (secondary N) is 1. The van der Waals surface area contributed by atoms with E-state index >= 15 is 0 Å². The van der Waals surface area contributed by atoms with Gasteiger partial charge in [0.05, 0.1) is 6.21 Å². The lowest BCUT2D eigenvalue weighted by atomic mass is 10.2. The first kappa shape index (κ1) is 25.1. The van der Waals surface area contributed by atoms with Gasteiger partial charge in [-0.1, -0.05) is 25.1 Å². The van der Waals surface area contributed by atoms with Crippen LogP contribution in [-0.4, -0.2) is 21.3 Å². The minimum absolute atomic E-state index is 0.177. The lowest BCUT2D eigenvalue weighted by Gasteiger charge is -2.12. The van der Waals surface area contributed by atoms with Gasteiger partial charge in [0.25, 0.3) is 0 Å². The average Bonchev–Trinajstić information content (AvgIpc) is 3.65. The van der Waals surface area contributed by atoms with Gasteiger partial charge in [-0.15, -0.1) is 0 Å². The number of carbonyl (C=O) groups is 1. The Morgan fingerprint density at radius 3 is 2.50 bits per heavy atom. The van der Waals surface area contributed by atoms with Gasteiger partial charge in [-0.2, -0.15) is 5.10 Å². The molecule has 7 nitrogen and oxygen atoms in total. The molecule has 5 aromatic rings. The Bertz CT molecular complexity index is 1570. The van der Waals surface area contributed by atoms with Gasteiger partial charge in [0.1, 0.15) is 18.1 Å². The number of aryl methyl sites for hydroxylation is 2. The van der Waals surface area contributed by atoms with Crippen LogP contribution in [-0.2, 0) is 6.61 Å². The fourth-order valence-electron chi connectivity index (χ4n) is 4.61. The van der Waals surface area contributed by atoms with E-state index in [1.165, 1.54) is 11.4 Å². The molecule has 1 atom stereocenters. The van der Waals surface area contributed by atoms with Crippen LogP contribution in [0.3, 0.4) is 0 Å². The molecule has 1 amide bonds. The Morgan fingerprint density at radius 2 is 1.76 bits per heavy atom. The minimum Gasteiger partial charge on any atom is -0.486 e. The number of aromatic nitrogens is 2. The van der Waals surface area contributed by atoms with Gasteiger partial charge in [-0.25, -0.2) is 5.43 Å². The number of ether oxygens (including phenoxy) is 1. The summed E-state index contributed by atoms with van der Waals surface area (Å²) in [7, 11) is 0. The number of nitrogens with zero attached hydrogens (tertiary/aromatic N) is 3. The third-order valence-electron chi connectivity index (χ3n) is 6.84. The van der Waals surface area contributed by atoms with Crippen LogP contribution in [0.15, 0.2) is 88.5 Å². The molecule has 0 aliphatic rings. The number of hydrogen-bond acceptors (Lipinski definition) is 4. The van der Waals surface area contributed by atoms with Gasteiger partial charge in [-0.3, -0.25) is 4.79 Å². The van der Waals surface area contributed by atoms with Crippen molar-refractivity contribution in [2.45, 2.75) is 46.8 Å². The molecule has 0 unspecified atom stereocenters. The first-order valence-corrected chi connectivity index (χ1v) is 12.8. The van der Waals surface area contributed by atoms with Crippen molar-refractivity contribution in [3.8, 4) is 11.4 Å². The Kier molecular flexibility index (Phi) is 7.18. The van der Waals surface area contributed by atoms with Crippen LogP contribution in [0.4, 0.5) is 0 Å². The summed E-state index contributed by atoms with van der Waals surface area (Å²) in [5, 5.41) is 5.27. The molecule has 38 heavy (non-hydrogen) atoms. The van der Waals surface area contributed by atoms with E-state index in [1.54, 1.807) is 18.3 Å². The molecule has 3 heterocycles. The quantitative estimate of drug-likeness (QED) is 0.173. The van der Waals surface area contributed by atoms with Crippen LogP contribution < -0.4 is 10.2 Å². The van der Waals surface area contributed by atoms with Gasteiger partial charge in [0, 0.05) is 45.8 Å². The maximum Gasteiger partial charge on any atom is 0.307 e. The van der Waals surface area contributed by atoms with Gasteiger partial charge in [0.15, 0.2) is 5.76 Å². The normalized spacial score (nSPS) is 12.3. The highest BCUT2D eigenvalue weighted by Crippen LogP contribution is 2.25. The number of rotatable bonds is 9. The highest BCUT2D eigenvalue weighted by atomic mass is 16.5. The largest absolute Gasteiger partial charge is 0.486 e. The van der Waals surface area contributed by atoms with Gasteiger partial charge in [-0.05, 0) is 81.8 Å². The number of furan rings is 1. The molecule has 1 N–H and O–H groups in total. The number of hydrazone groups is 1. The van der Waals surface area contributed by atoms with Crippen LogP contribution in [0.1, 0.15) is 59.6 Å². The smallest absolute Gasteiger partial charge is 0.307 e. The number of carbonyl (C=O) groups excluding carboxylic acids is 1. The maximum absolute atomic E-state index is 12.6. The van der Waals surface area contributed by atoms with E-state index in [2.05, 4.69) is 77.8 Å². The van der Waals surface area contributed by atoms with Crippen LogP contribution in [0.5, 0.6) is 5.75 Å². The van der Waals surface area contributed by atoms with Crippen molar-refractivity contribution in [1.29, 1.82) is 0 Å². The van der Waals surface area contributed by atoms with Gasteiger partial charge < -0.3 is 18.3 Å². The highest BCUT2D eigenvalue weighted by Gasteiger charge is 2.13. The monoisotopic (exact) mass is 508 g/mol. The molecular weight excluding hydrogens is 476 g/mol. The Hall–Kier alpha value is -4.52. The molecule has 0 fully saturated rings. The van der Waals surface area contributed by atoms with Crippen molar-refractivity contribution < 1.29 is 13.9 Å². The summed E-state index contributed by atoms with van der Waals surface area (Å²) in [5.74, 6) is 1.04. The minimum atomic E-state index is -0.417. The zero-order valence-corrected chi connectivity index (χ0v) is 22.1. The van der Waals surface area contributed by atoms with Crippen molar-refractivity contribution in [1.82, 2.24) is 14.6 Å². The van der Waals surface area contributed by atoms with E-state index in [-0.39, 0.29) is 12.4 Å². The second-order valence-corrected chi connectivity index (χ2v) is 9.47. The molecule has 7 heteroatoms. The molecule has 194 valence electrons. The van der Waals surface area contributed by atoms with Gasteiger partial charge in [0.2, 0.25) is 0 Å². The summed E-state index contributed by atoms with van der Waals surface area (Å²) in [5.41, 5.74) is 8.10. The Morgan fingerprint density at radius 1 is 1.03 bits per heavy atom. The molecule has 3 aromatic heterocycles. The molecule has 0 radical (unpaired) electrons. The Labute approximate surface area is 222 Å². The van der Waals surface area contributed by atoms with Crippen LogP contribution >= 0.6 is 0 Å². The number of para-hydroxylation sites is 1. The second-order valence-electron chi connectivity index (χ2n) is 9.47. The second kappa shape index (κ2) is 10.8. The van der Waals surface area contributed by atoms with E-state index in [0.29, 0.717) is 11.8 Å². The summed E-state index contributed by atoms with van der Waals surface area (Å²) < 4.78 is 16.0. The van der Waals surface area contributed by atoms with Crippen LogP contribution in [0, 0.1) is 13.8 Å². The zero-order valence-electron chi connectivity index (χ0n) is 22.1. The summed E-state index contributed by atoms with van der Waals surface area (Å²) in [4.78, 5) is 12.6. The Balaban J connectivity index is 1.19. The summed E-state index contributed by atoms with van der Waals surface area (Å²) >= 11 is 0. The number of hydrogen-bond donors (Lipinski definition) is 1. The molecule has 0 saturated carbocycles. The summed E-state index contributed by atoms with van der Waals surface area (Å²) in [6, 6.07) is 24.0. The van der Waals surface area contributed by atoms with E-state index in [1.807, 2.05) is 36.4 Å². The molecule has 0 saturated heterocycles. The first-order valence-electron chi connectivity index (χ1n) is 12.8. The van der Waals surface area contributed by atoms with E-state index in [4.69, 9.17) is 9.15 Å². The lowest BCUT2D eigenvalue weighted by molar-refractivity contribution is 0.0923. The fourth-order valence-corrected chi connectivity index (χ4v) is 4.61. The molecular formula is C31H32N4O3. The average molecular weight is 509 g/mol. The third-order valence-corrected chi connectivity index (χ3v) is 6.84. The molecule has 5 rings (SSSR count). The van der Waals surface area contributed by atoms with Crippen LogP contribution in [0.2, 0.25) is 0 Å². The van der Waals surface area contributed by atoms with Crippen molar-refractivity contribution in [3.05, 3.63) is 107 Å². The van der Waals surface area contributed by atoms with Crippen molar-refractivity contribution in [2.24, 2.45) is 5.10 Å². The number of fused-ring (bicyclic) bond motifs is 1. The molecule has 0 aliphatic carbocycles. The topological polar surface area (TPSA) is 73.7 Å². The predicted molar refractivity (Wildman–Crippen MR) is 150 cm³/mol. The number of benzene rings is 2. The van der Waals surface area contributed by atoms with E-state index < -0.39 is 5.91 Å². The summed E-state index contributed by atoms with van der Waals surface area (Å²) in [6.07, 6.45) is 4.77. The van der Waals surface area contributed by atoms with E-state index in [9.17, 15) is 4.79 Å². The first-order chi connectivity index (χ1) is 18.4. The van der Waals surface area contributed by atoms with Crippen molar-refractivity contribution in [3.63, 3.8) is 0 Å². The lowest BCUT2D eigenvalue weighted by Crippen LogP contribution is -2.16. The molecule has 0 bridgehead atoms. The molecule has 0 aliphatic heterocycles. The van der Waals surface area contributed by atoms with Crippen molar-refractivity contribution >= 4 is 23.0 Å². The molecule has 2 aromatic carbocycles. The standard InChI is InChI=1S/C31H32N4O3/c1-5-21(2)34-19-24(28-8-6-7-9-29(28)34)18-32-33-31(36)30-17-16-27(38-30)20-37-26-14-12-25(13-15-26)35-22(3)10-11-23(35)4/h6-19,21H,5,20H2,1-4H3,(H,33,36)/b32-18+/t21-/m0/s1.